The number of rotatable bonds is 5. The van der Waals surface area contributed by atoms with E-state index < -0.39 is 17.9 Å². The second-order valence-electron chi connectivity index (χ2n) is 4.61. The van der Waals surface area contributed by atoms with Crippen molar-refractivity contribution in [3.63, 3.8) is 0 Å². The number of pyridine rings is 1. The average Bonchev–Trinajstić information content (AvgIpc) is 2.36. The molecule has 1 amide bonds. The van der Waals surface area contributed by atoms with Crippen LogP contribution in [0.3, 0.4) is 0 Å². The summed E-state index contributed by atoms with van der Waals surface area (Å²) < 4.78 is 4.65. The fourth-order valence-electron chi connectivity index (χ4n) is 1.64. The molecule has 0 radical (unpaired) electrons. The van der Waals surface area contributed by atoms with Gasteiger partial charge in [0.05, 0.1) is 7.11 Å². The molecular formula is C13H18N2O4. The molecule has 6 nitrogen and oxygen atoms in total. The number of hydrogen-bond acceptors (Lipinski definition) is 4. The van der Waals surface area contributed by atoms with E-state index in [0.29, 0.717) is 6.42 Å². The molecule has 0 aliphatic rings. The Bertz CT molecular complexity index is 507. The van der Waals surface area contributed by atoms with E-state index in [4.69, 9.17) is 0 Å². The molecular weight excluding hydrogens is 248 g/mol. The van der Waals surface area contributed by atoms with Crippen molar-refractivity contribution in [2.75, 3.05) is 7.11 Å². The van der Waals surface area contributed by atoms with Crippen LogP contribution in [0.25, 0.3) is 0 Å². The molecule has 104 valence electrons. The summed E-state index contributed by atoms with van der Waals surface area (Å²) in [5.74, 6) is -0.784. The van der Waals surface area contributed by atoms with Crippen LogP contribution in [-0.4, -0.2) is 30.0 Å². The van der Waals surface area contributed by atoms with Gasteiger partial charge in [0.1, 0.15) is 11.7 Å². The largest absolute Gasteiger partial charge is 0.467 e. The number of nitrogens with one attached hydrogen (secondary N) is 2. The van der Waals surface area contributed by atoms with Crippen molar-refractivity contribution in [1.29, 1.82) is 0 Å². The Hall–Kier alpha value is -2.11. The van der Waals surface area contributed by atoms with Gasteiger partial charge >= 0.3 is 5.97 Å². The number of carbonyl (C=O) groups excluding carboxylic acids is 2. The second kappa shape index (κ2) is 6.72. The van der Waals surface area contributed by atoms with Crippen LogP contribution in [0.4, 0.5) is 0 Å². The zero-order valence-electron chi connectivity index (χ0n) is 11.2. The summed E-state index contributed by atoms with van der Waals surface area (Å²) in [6.45, 7) is 3.87. The first-order valence-electron chi connectivity index (χ1n) is 6.02. The fourth-order valence-corrected chi connectivity index (χ4v) is 1.64. The maximum absolute atomic E-state index is 11.9. The van der Waals surface area contributed by atoms with Crippen LogP contribution in [-0.2, 0) is 9.53 Å². The van der Waals surface area contributed by atoms with Crippen molar-refractivity contribution in [3.8, 4) is 0 Å². The van der Waals surface area contributed by atoms with Gasteiger partial charge in [0.25, 0.3) is 5.91 Å². The Balaban J connectivity index is 2.81. The van der Waals surface area contributed by atoms with Crippen LogP contribution >= 0.6 is 0 Å². The summed E-state index contributed by atoms with van der Waals surface area (Å²) >= 11 is 0. The van der Waals surface area contributed by atoms with Crippen molar-refractivity contribution in [2.45, 2.75) is 26.3 Å². The topological polar surface area (TPSA) is 88.3 Å². The zero-order chi connectivity index (χ0) is 14.4. The van der Waals surface area contributed by atoms with Gasteiger partial charge in [0.2, 0.25) is 5.56 Å². The molecule has 1 aromatic rings. The highest BCUT2D eigenvalue weighted by Gasteiger charge is 2.23. The SMILES string of the molecule is COC(=O)C(CC(C)C)NC(=O)c1cccc(=O)[nH]1. The van der Waals surface area contributed by atoms with Gasteiger partial charge in [-0.1, -0.05) is 19.9 Å². The first-order valence-corrected chi connectivity index (χ1v) is 6.02. The molecule has 0 aliphatic carbocycles. The Morgan fingerprint density at radius 3 is 2.58 bits per heavy atom. The molecule has 0 aliphatic heterocycles. The Kier molecular flexibility index (Phi) is 5.29. The number of aromatic nitrogens is 1. The van der Waals surface area contributed by atoms with E-state index >= 15 is 0 Å². The Labute approximate surface area is 111 Å². The molecule has 1 rings (SSSR count). The van der Waals surface area contributed by atoms with Crippen molar-refractivity contribution >= 4 is 11.9 Å². The predicted octanol–water partition coefficient (Wildman–Crippen LogP) is 0.692. The van der Waals surface area contributed by atoms with Crippen LogP contribution in [0.1, 0.15) is 30.8 Å². The third-order valence-corrected chi connectivity index (χ3v) is 2.51. The molecule has 1 heterocycles. The maximum atomic E-state index is 11.9. The molecule has 0 saturated carbocycles. The molecule has 0 saturated heterocycles. The van der Waals surface area contributed by atoms with Gasteiger partial charge < -0.3 is 15.0 Å². The summed E-state index contributed by atoms with van der Waals surface area (Å²) in [6.07, 6.45) is 0.468. The van der Waals surface area contributed by atoms with Crippen molar-refractivity contribution in [1.82, 2.24) is 10.3 Å². The van der Waals surface area contributed by atoms with Crippen molar-refractivity contribution in [3.05, 3.63) is 34.2 Å². The maximum Gasteiger partial charge on any atom is 0.328 e. The predicted molar refractivity (Wildman–Crippen MR) is 69.8 cm³/mol. The number of hydrogen-bond donors (Lipinski definition) is 2. The number of amides is 1. The summed E-state index contributed by atoms with van der Waals surface area (Å²) in [5.41, 5.74) is -0.253. The lowest BCUT2D eigenvalue weighted by atomic mass is 10.0. The van der Waals surface area contributed by atoms with Gasteiger partial charge in [0, 0.05) is 6.07 Å². The van der Waals surface area contributed by atoms with E-state index in [0.717, 1.165) is 0 Å². The number of methoxy groups -OCH3 is 1. The fraction of sp³-hybridized carbons (Fsp3) is 0.462. The third kappa shape index (κ3) is 4.57. The molecule has 0 aromatic carbocycles. The molecule has 6 heteroatoms. The third-order valence-electron chi connectivity index (χ3n) is 2.51. The van der Waals surface area contributed by atoms with Gasteiger partial charge in [0.15, 0.2) is 0 Å². The van der Waals surface area contributed by atoms with Gasteiger partial charge in [-0.3, -0.25) is 9.59 Å². The van der Waals surface area contributed by atoms with Gasteiger partial charge in [-0.25, -0.2) is 4.79 Å². The highest BCUT2D eigenvalue weighted by molar-refractivity contribution is 5.95. The number of aromatic amines is 1. The minimum atomic E-state index is -0.721. The molecule has 1 aromatic heterocycles. The highest BCUT2D eigenvalue weighted by atomic mass is 16.5. The van der Waals surface area contributed by atoms with E-state index in [1.54, 1.807) is 0 Å². The van der Waals surface area contributed by atoms with Crippen LogP contribution < -0.4 is 10.9 Å². The molecule has 19 heavy (non-hydrogen) atoms. The summed E-state index contributed by atoms with van der Waals surface area (Å²) in [4.78, 5) is 37.0. The summed E-state index contributed by atoms with van der Waals surface area (Å²) in [5, 5.41) is 2.56. The molecule has 1 atom stereocenters. The van der Waals surface area contributed by atoms with Crippen LogP contribution in [0.2, 0.25) is 0 Å². The van der Waals surface area contributed by atoms with Gasteiger partial charge in [-0.05, 0) is 18.4 Å². The number of esters is 1. The first kappa shape index (κ1) is 14.9. The summed E-state index contributed by atoms with van der Waals surface area (Å²) in [7, 11) is 1.27. The minimum absolute atomic E-state index is 0.116. The Morgan fingerprint density at radius 2 is 2.05 bits per heavy atom. The molecule has 0 bridgehead atoms. The summed E-state index contributed by atoms with van der Waals surface area (Å²) in [6, 6.07) is 3.54. The van der Waals surface area contributed by atoms with E-state index in [1.165, 1.54) is 25.3 Å². The molecule has 2 N–H and O–H groups in total. The second-order valence-corrected chi connectivity index (χ2v) is 4.61. The lowest BCUT2D eigenvalue weighted by molar-refractivity contribution is -0.143. The Morgan fingerprint density at radius 1 is 1.37 bits per heavy atom. The first-order chi connectivity index (χ1) is 8.93. The highest BCUT2D eigenvalue weighted by Crippen LogP contribution is 2.07. The average molecular weight is 266 g/mol. The number of H-pyrrole nitrogens is 1. The smallest absolute Gasteiger partial charge is 0.328 e. The normalized spacial score (nSPS) is 12.0. The quantitative estimate of drug-likeness (QED) is 0.767. The van der Waals surface area contributed by atoms with E-state index in [2.05, 4.69) is 15.0 Å². The van der Waals surface area contributed by atoms with E-state index in [9.17, 15) is 14.4 Å². The lowest BCUT2D eigenvalue weighted by Crippen LogP contribution is -2.42. The van der Waals surface area contributed by atoms with E-state index in [1.807, 2.05) is 13.8 Å². The van der Waals surface area contributed by atoms with Crippen LogP contribution in [0.5, 0.6) is 0 Å². The van der Waals surface area contributed by atoms with Crippen LogP contribution in [0, 0.1) is 5.92 Å². The zero-order valence-corrected chi connectivity index (χ0v) is 11.2. The minimum Gasteiger partial charge on any atom is -0.467 e. The number of ether oxygens (including phenoxy) is 1. The molecule has 1 unspecified atom stereocenters. The monoisotopic (exact) mass is 266 g/mol. The van der Waals surface area contributed by atoms with Crippen molar-refractivity contribution in [2.24, 2.45) is 5.92 Å². The van der Waals surface area contributed by atoms with E-state index in [-0.39, 0.29) is 17.2 Å². The van der Waals surface area contributed by atoms with Gasteiger partial charge in [-0.15, -0.1) is 0 Å². The molecule has 0 fully saturated rings. The standard InChI is InChI=1S/C13H18N2O4/c1-8(2)7-10(13(18)19-3)15-12(17)9-5-4-6-11(16)14-9/h4-6,8,10H,7H2,1-3H3,(H,14,16)(H,15,17). The van der Waals surface area contributed by atoms with Gasteiger partial charge in [-0.2, -0.15) is 0 Å². The lowest BCUT2D eigenvalue weighted by Gasteiger charge is -2.18. The van der Waals surface area contributed by atoms with Crippen LogP contribution in [0.15, 0.2) is 23.0 Å². The number of carbonyl (C=O) groups is 2. The molecule has 0 spiro atoms. The van der Waals surface area contributed by atoms with Crippen molar-refractivity contribution < 1.29 is 14.3 Å².